The molecular weight excluding hydrogens is 666 g/mol. The third-order valence-corrected chi connectivity index (χ3v) is 10.2. The highest BCUT2D eigenvalue weighted by Crippen LogP contribution is 2.15. The van der Waals surface area contributed by atoms with Gasteiger partial charge < -0.3 is 28.6 Å². The predicted molar refractivity (Wildman–Crippen MR) is 217 cm³/mol. The van der Waals surface area contributed by atoms with Crippen LogP contribution in [-0.4, -0.2) is 75.5 Å². The summed E-state index contributed by atoms with van der Waals surface area (Å²) in [5, 5.41) is 11.6. The SMILES string of the molecule is CCCCCCCCCCC/C=C/CCCCCCCC(=O)OC(COCCC(C(=O)[O-])[N+](C)(C)C)COC(=O)CCCCCCCCCCCCC. The minimum Gasteiger partial charge on any atom is -0.544 e. The van der Waals surface area contributed by atoms with Gasteiger partial charge in [-0.3, -0.25) is 9.59 Å². The number of likely N-dealkylation sites (N-methyl/N-ethyl adjacent to an activating group) is 1. The molecule has 2 atom stereocenters. The minimum atomic E-state index is -1.12. The maximum Gasteiger partial charge on any atom is 0.306 e. The summed E-state index contributed by atoms with van der Waals surface area (Å²) in [6, 6.07) is -0.722. The van der Waals surface area contributed by atoms with E-state index in [2.05, 4.69) is 26.0 Å². The molecule has 0 saturated heterocycles. The molecule has 0 aromatic carbocycles. The van der Waals surface area contributed by atoms with Gasteiger partial charge in [0, 0.05) is 19.3 Å². The molecule has 0 amide bonds. The van der Waals surface area contributed by atoms with Crippen LogP contribution >= 0.6 is 0 Å². The fraction of sp³-hybridized carbons (Fsp3) is 0.889. The molecule has 0 heterocycles. The molecule has 8 heteroatoms. The van der Waals surface area contributed by atoms with Crippen molar-refractivity contribution in [1.82, 2.24) is 0 Å². The van der Waals surface area contributed by atoms with E-state index in [-0.39, 0.29) is 42.7 Å². The van der Waals surface area contributed by atoms with E-state index in [1.807, 2.05) is 0 Å². The van der Waals surface area contributed by atoms with Crippen LogP contribution in [0.2, 0.25) is 0 Å². The van der Waals surface area contributed by atoms with Gasteiger partial charge in [0.15, 0.2) is 6.10 Å². The lowest BCUT2D eigenvalue weighted by Crippen LogP contribution is -2.55. The van der Waals surface area contributed by atoms with Gasteiger partial charge in [-0.2, -0.15) is 0 Å². The number of hydrogen-bond acceptors (Lipinski definition) is 7. The largest absolute Gasteiger partial charge is 0.544 e. The van der Waals surface area contributed by atoms with Crippen LogP contribution in [0.1, 0.15) is 206 Å². The summed E-state index contributed by atoms with van der Waals surface area (Å²) in [6.45, 7) is 4.66. The van der Waals surface area contributed by atoms with Crippen LogP contribution in [0.3, 0.4) is 0 Å². The molecule has 53 heavy (non-hydrogen) atoms. The van der Waals surface area contributed by atoms with Crippen LogP contribution in [0.25, 0.3) is 0 Å². The number of ether oxygens (including phenoxy) is 3. The smallest absolute Gasteiger partial charge is 0.306 e. The molecular formula is C45H85NO7. The van der Waals surface area contributed by atoms with Crippen LogP contribution in [0.5, 0.6) is 0 Å². The Hall–Kier alpha value is -1.93. The molecule has 2 unspecified atom stereocenters. The lowest BCUT2D eigenvalue weighted by Gasteiger charge is -2.34. The fourth-order valence-electron chi connectivity index (χ4n) is 6.65. The molecule has 8 nitrogen and oxygen atoms in total. The van der Waals surface area contributed by atoms with Crippen LogP contribution in [0.4, 0.5) is 0 Å². The summed E-state index contributed by atoms with van der Waals surface area (Å²) >= 11 is 0. The topological polar surface area (TPSA) is 102 Å². The molecule has 0 N–H and O–H groups in total. The maximum absolute atomic E-state index is 12.7. The number of hydrogen-bond donors (Lipinski definition) is 0. The lowest BCUT2D eigenvalue weighted by molar-refractivity contribution is -0.889. The van der Waals surface area contributed by atoms with Crippen molar-refractivity contribution in [3.8, 4) is 0 Å². The summed E-state index contributed by atoms with van der Waals surface area (Å²) in [7, 11) is 5.41. The van der Waals surface area contributed by atoms with Gasteiger partial charge in [-0.25, -0.2) is 0 Å². The van der Waals surface area contributed by atoms with E-state index in [1.165, 1.54) is 122 Å². The molecule has 0 rings (SSSR count). The molecule has 0 spiro atoms. The molecule has 0 fully saturated rings. The Morgan fingerprint density at radius 3 is 1.36 bits per heavy atom. The van der Waals surface area contributed by atoms with Crippen LogP contribution in [-0.2, 0) is 28.6 Å². The summed E-state index contributed by atoms with van der Waals surface area (Å²) < 4.78 is 17.1. The maximum atomic E-state index is 12.7. The zero-order valence-electron chi connectivity index (χ0n) is 35.4. The number of rotatable bonds is 40. The number of quaternary nitrogens is 1. The average Bonchev–Trinajstić information content (AvgIpc) is 3.11. The average molecular weight is 752 g/mol. The number of carbonyl (C=O) groups is 3. The first kappa shape index (κ1) is 51.1. The minimum absolute atomic E-state index is 0.0427. The van der Waals surface area contributed by atoms with Crippen LogP contribution < -0.4 is 5.11 Å². The van der Waals surface area contributed by atoms with Gasteiger partial charge in [-0.15, -0.1) is 0 Å². The fourth-order valence-corrected chi connectivity index (χ4v) is 6.65. The number of esters is 2. The summed E-state index contributed by atoms with van der Waals surface area (Å²) in [5.74, 6) is -1.73. The molecule has 0 aromatic rings. The molecule has 0 saturated carbocycles. The Labute approximate surface area is 327 Å². The number of carbonyl (C=O) groups excluding carboxylic acids is 3. The van der Waals surface area contributed by atoms with E-state index in [4.69, 9.17) is 14.2 Å². The Bertz CT molecular complexity index is 885. The van der Waals surface area contributed by atoms with E-state index in [0.717, 1.165) is 51.4 Å². The molecule has 0 aliphatic carbocycles. The molecule has 0 bridgehead atoms. The highest BCUT2D eigenvalue weighted by atomic mass is 16.6. The van der Waals surface area contributed by atoms with Crippen molar-refractivity contribution in [2.45, 2.75) is 219 Å². The second kappa shape index (κ2) is 37.0. The van der Waals surface area contributed by atoms with E-state index < -0.39 is 18.1 Å². The van der Waals surface area contributed by atoms with Crippen molar-refractivity contribution in [1.29, 1.82) is 0 Å². The third kappa shape index (κ3) is 35.5. The quantitative estimate of drug-likeness (QED) is 0.0266. The number of carboxylic acids is 1. The first-order valence-electron chi connectivity index (χ1n) is 22.2. The molecule has 0 aliphatic rings. The van der Waals surface area contributed by atoms with E-state index >= 15 is 0 Å². The number of aliphatic carboxylic acids is 1. The Kier molecular flexibility index (Phi) is 35.7. The monoisotopic (exact) mass is 752 g/mol. The van der Waals surface area contributed by atoms with Gasteiger partial charge >= 0.3 is 11.9 Å². The van der Waals surface area contributed by atoms with Crippen molar-refractivity contribution in [2.75, 3.05) is 41.0 Å². The summed E-state index contributed by atoms with van der Waals surface area (Å²) in [5.41, 5.74) is 0. The highest BCUT2D eigenvalue weighted by molar-refractivity contribution is 5.70. The van der Waals surface area contributed by atoms with Crippen molar-refractivity contribution in [2.24, 2.45) is 0 Å². The number of allylic oxidation sites excluding steroid dienone is 2. The van der Waals surface area contributed by atoms with E-state index in [9.17, 15) is 19.5 Å². The van der Waals surface area contributed by atoms with E-state index in [1.54, 1.807) is 21.1 Å². The number of carboxylic acid groups (broad SMARTS) is 1. The van der Waals surface area contributed by atoms with Gasteiger partial charge in [-0.05, 0) is 38.5 Å². The van der Waals surface area contributed by atoms with Gasteiger partial charge in [0.25, 0.3) is 0 Å². The van der Waals surface area contributed by atoms with Gasteiger partial charge in [-0.1, -0.05) is 161 Å². The van der Waals surface area contributed by atoms with Gasteiger partial charge in [0.2, 0.25) is 0 Å². The normalized spacial score (nSPS) is 13.0. The Morgan fingerprint density at radius 1 is 0.547 bits per heavy atom. The zero-order chi connectivity index (χ0) is 39.3. The number of unbranched alkanes of at least 4 members (excludes halogenated alkanes) is 24. The van der Waals surface area contributed by atoms with Crippen molar-refractivity contribution >= 4 is 17.9 Å². The first-order chi connectivity index (χ1) is 25.6. The molecule has 0 aliphatic heterocycles. The van der Waals surface area contributed by atoms with Crippen molar-refractivity contribution in [3.63, 3.8) is 0 Å². The van der Waals surface area contributed by atoms with Crippen molar-refractivity contribution < 1.29 is 38.2 Å². The summed E-state index contributed by atoms with van der Waals surface area (Å²) in [4.78, 5) is 36.8. The van der Waals surface area contributed by atoms with Crippen molar-refractivity contribution in [3.05, 3.63) is 12.2 Å². The zero-order valence-corrected chi connectivity index (χ0v) is 35.4. The summed E-state index contributed by atoms with van der Waals surface area (Å²) in [6.07, 6.45) is 38.0. The van der Waals surface area contributed by atoms with Gasteiger partial charge in [0.05, 0.1) is 40.3 Å². The third-order valence-electron chi connectivity index (χ3n) is 10.2. The Morgan fingerprint density at radius 2 is 0.943 bits per heavy atom. The highest BCUT2D eigenvalue weighted by Gasteiger charge is 2.25. The predicted octanol–water partition coefficient (Wildman–Crippen LogP) is 10.6. The molecule has 312 valence electrons. The number of nitrogens with zero attached hydrogens (tertiary/aromatic N) is 1. The first-order valence-corrected chi connectivity index (χ1v) is 22.2. The second-order valence-electron chi connectivity index (χ2n) is 16.3. The molecule has 0 radical (unpaired) electrons. The second-order valence-corrected chi connectivity index (χ2v) is 16.3. The Balaban J connectivity index is 4.31. The standard InChI is InChI=1S/C45H85NO7/c1-6-8-10-12-14-16-18-19-20-21-22-23-24-26-28-30-32-34-36-44(48)53-41(39-51-38-37-42(45(49)50)46(3,4)5)40-52-43(47)35-33-31-29-27-25-17-15-13-11-9-7-2/h22-23,41-42H,6-21,24-40H2,1-5H3/b23-22+. The van der Waals surface area contributed by atoms with Crippen LogP contribution in [0.15, 0.2) is 12.2 Å². The van der Waals surface area contributed by atoms with Crippen LogP contribution in [0, 0.1) is 0 Å². The van der Waals surface area contributed by atoms with E-state index in [0.29, 0.717) is 12.8 Å². The van der Waals surface area contributed by atoms with Gasteiger partial charge in [0.1, 0.15) is 12.6 Å². The molecule has 0 aromatic heterocycles. The lowest BCUT2D eigenvalue weighted by atomic mass is 10.1.